The Hall–Kier alpha value is -4.14. The first-order valence-corrected chi connectivity index (χ1v) is 8.79. The first-order valence-electron chi connectivity index (χ1n) is 7.91. The highest BCUT2D eigenvalue weighted by atomic mass is 32.1. The van der Waals surface area contributed by atoms with Gasteiger partial charge in [0.1, 0.15) is 11.6 Å². The van der Waals surface area contributed by atoms with Crippen LogP contribution in [-0.2, 0) is 4.79 Å². The second-order valence-corrected chi connectivity index (χ2v) is 6.46. The van der Waals surface area contributed by atoms with Crippen LogP contribution in [0.5, 0.6) is 11.5 Å². The Morgan fingerprint density at radius 2 is 1.96 bits per heavy atom. The largest absolute Gasteiger partial charge is 0.504 e. The number of nitrogens with one attached hydrogen (secondary N) is 1. The SMILES string of the molecule is N#C/C(=C\c1ccc(O)c(O)c1)C(=O)Nc1nc(-c2cccc(C#N)c2)cs1. The number of carbonyl (C=O) groups excluding carboxylic acids is 1. The van der Waals surface area contributed by atoms with Crippen LogP contribution in [0.4, 0.5) is 5.13 Å². The zero-order chi connectivity index (χ0) is 20.1. The molecule has 1 aromatic heterocycles. The van der Waals surface area contributed by atoms with Crippen molar-refractivity contribution in [3.05, 3.63) is 64.5 Å². The Morgan fingerprint density at radius 3 is 2.68 bits per heavy atom. The fourth-order valence-electron chi connectivity index (χ4n) is 2.32. The number of nitrogens with zero attached hydrogens (tertiary/aromatic N) is 3. The van der Waals surface area contributed by atoms with E-state index in [1.54, 1.807) is 35.7 Å². The van der Waals surface area contributed by atoms with Crippen molar-refractivity contribution in [2.24, 2.45) is 0 Å². The van der Waals surface area contributed by atoms with Crippen LogP contribution in [0.3, 0.4) is 0 Å². The summed E-state index contributed by atoms with van der Waals surface area (Å²) in [5.41, 5.74) is 2.04. The van der Waals surface area contributed by atoms with Crippen LogP contribution in [-0.4, -0.2) is 21.1 Å². The number of carbonyl (C=O) groups is 1. The Bertz CT molecular complexity index is 1170. The fourth-order valence-corrected chi connectivity index (χ4v) is 3.04. The molecule has 3 aromatic rings. The van der Waals surface area contributed by atoms with E-state index in [1.165, 1.54) is 35.6 Å². The number of rotatable bonds is 4. The van der Waals surface area contributed by atoms with Gasteiger partial charge in [0.05, 0.1) is 17.3 Å². The highest BCUT2D eigenvalue weighted by molar-refractivity contribution is 7.14. The van der Waals surface area contributed by atoms with Crippen molar-refractivity contribution >= 4 is 28.5 Å². The summed E-state index contributed by atoms with van der Waals surface area (Å²) in [7, 11) is 0. The molecule has 0 saturated heterocycles. The van der Waals surface area contributed by atoms with E-state index in [2.05, 4.69) is 16.4 Å². The van der Waals surface area contributed by atoms with Gasteiger partial charge < -0.3 is 10.2 Å². The molecule has 28 heavy (non-hydrogen) atoms. The van der Waals surface area contributed by atoms with E-state index in [-0.39, 0.29) is 17.1 Å². The molecule has 0 unspecified atom stereocenters. The van der Waals surface area contributed by atoms with E-state index in [9.17, 15) is 20.3 Å². The minimum absolute atomic E-state index is 0.187. The minimum Gasteiger partial charge on any atom is -0.504 e. The summed E-state index contributed by atoms with van der Waals surface area (Å²) < 4.78 is 0. The van der Waals surface area contributed by atoms with Gasteiger partial charge in [-0.1, -0.05) is 18.2 Å². The predicted molar refractivity (Wildman–Crippen MR) is 104 cm³/mol. The third kappa shape index (κ3) is 4.15. The minimum atomic E-state index is -0.651. The van der Waals surface area contributed by atoms with Gasteiger partial charge in [0.25, 0.3) is 5.91 Å². The molecule has 136 valence electrons. The summed E-state index contributed by atoms with van der Waals surface area (Å²) in [6.07, 6.45) is 1.29. The van der Waals surface area contributed by atoms with Crippen molar-refractivity contribution in [2.75, 3.05) is 5.32 Å². The standard InChI is InChI=1S/C20H12N4O3S/c21-9-13-2-1-3-14(7-13)16-11-28-20(23-16)24-19(27)15(10-22)6-12-4-5-17(25)18(26)8-12/h1-8,11,25-26H,(H,23,24,27)/b15-6+. The van der Waals surface area contributed by atoms with Crippen LogP contribution in [0.2, 0.25) is 0 Å². The number of aromatic hydroxyl groups is 2. The van der Waals surface area contributed by atoms with Gasteiger partial charge in [0.2, 0.25) is 0 Å². The number of benzene rings is 2. The van der Waals surface area contributed by atoms with Gasteiger partial charge in [0.15, 0.2) is 16.6 Å². The van der Waals surface area contributed by atoms with E-state index < -0.39 is 5.91 Å². The Kier molecular flexibility index (Phi) is 5.35. The first-order chi connectivity index (χ1) is 13.5. The molecule has 0 aliphatic rings. The molecule has 0 bridgehead atoms. The molecule has 8 heteroatoms. The number of anilines is 1. The summed E-state index contributed by atoms with van der Waals surface area (Å²) in [4.78, 5) is 16.7. The van der Waals surface area contributed by atoms with Crippen LogP contribution < -0.4 is 5.32 Å². The quantitative estimate of drug-likeness (QED) is 0.355. The van der Waals surface area contributed by atoms with E-state index in [4.69, 9.17) is 5.26 Å². The average molecular weight is 388 g/mol. The van der Waals surface area contributed by atoms with Gasteiger partial charge >= 0.3 is 0 Å². The second-order valence-electron chi connectivity index (χ2n) is 5.60. The maximum absolute atomic E-state index is 12.4. The summed E-state index contributed by atoms with van der Waals surface area (Å²) in [6, 6.07) is 14.8. The maximum Gasteiger partial charge on any atom is 0.268 e. The molecule has 0 aliphatic heterocycles. The molecule has 3 N–H and O–H groups in total. The van der Waals surface area contributed by atoms with Crippen LogP contribution in [0.1, 0.15) is 11.1 Å². The summed E-state index contributed by atoms with van der Waals surface area (Å²) in [6.45, 7) is 0. The molecule has 1 heterocycles. The predicted octanol–water partition coefficient (Wildman–Crippen LogP) is 3.64. The second kappa shape index (κ2) is 8.04. The number of phenols is 2. The lowest BCUT2D eigenvalue weighted by atomic mass is 10.1. The molecule has 0 fully saturated rings. The van der Waals surface area contributed by atoms with Gasteiger partial charge in [0, 0.05) is 10.9 Å². The lowest BCUT2D eigenvalue weighted by molar-refractivity contribution is -0.112. The monoisotopic (exact) mass is 388 g/mol. The van der Waals surface area contributed by atoms with Crippen LogP contribution in [0.15, 0.2) is 53.4 Å². The number of hydrogen-bond donors (Lipinski definition) is 3. The summed E-state index contributed by atoms with van der Waals surface area (Å²) >= 11 is 1.19. The number of thiazole rings is 1. The molecular weight excluding hydrogens is 376 g/mol. The number of amides is 1. The summed E-state index contributed by atoms with van der Waals surface area (Å²) in [5.74, 6) is -1.30. The lowest BCUT2D eigenvalue weighted by Crippen LogP contribution is -2.13. The van der Waals surface area contributed by atoms with E-state index >= 15 is 0 Å². The highest BCUT2D eigenvalue weighted by Crippen LogP contribution is 2.27. The molecule has 3 rings (SSSR count). The smallest absolute Gasteiger partial charge is 0.268 e. The molecule has 7 nitrogen and oxygen atoms in total. The van der Waals surface area contributed by atoms with Crippen molar-refractivity contribution in [1.82, 2.24) is 4.98 Å². The highest BCUT2D eigenvalue weighted by Gasteiger charge is 2.13. The molecule has 0 radical (unpaired) electrons. The van der Waals surface area contributed by atoms with Crippen molar-refractivity contribution in [3.63, 3.8) is 0 Å². The average Bonchev–Trinajstić information content (AvgIpc) is 3.17. The van der Waals surface area contributed by atoms with Crippen molar-refractivity contribution < 1.29 is 15.0 Å². The van der Waals surface area contributed by atoms with Crippen LogP contribution >= 0.6 is 11.3 Å². The van der Waals surface area contributed by atoms with E-state index in [1.807, 2.05) is 0 Å². The zero-order valence-corrected chi connectivity index (χ0v) is 15.1. The molecule has 0 saturated carbocycles. The van der Waals surface area contributed by atoms with Gasteiger partial charge in [-0.25, -0.2) is 4.98 Å². The van der Waals surface area contributed by atoms with Gasteiger partial charge in [-0.2, -0.15) is 10.5 Å². The molecule has 0 atom stereocenters. The number of aromatic nitrogens is 1. The van der Waals surface area contributed by atoms with Gasteiger partial charge in [-0.3, -0.25) is 10.1 Å². The van der Waals surface area contributed by atoms with Crippen molar-refractivity contribution in [3.8, 4) is 34.9 Å². The lowest BCUT2D eigenvalue weighted by Gasteiger charge is -2.02. The van der Waals surface area contributed by atoms with Gasteiger partial charge in [-0.15, -0.1) is 11.3 Å². The van der Waals surface area contributed by atoms with E-state index in [0.717, 1.165) is 5.56 Å². The third-order valence-corrected chi connectivity index (χ3v) is 4.45. The van der Waals surface area contributed by atoms with Crippen LogP contribution in [0.25, 0.3) is 17.3 Å². The molecular formula is C20H12N4O3S. The van der Waals surface area contributed by atoms with E-state index in [0.29, 0.717) is 22.0 Å². The molecule has 0 aliphatic carbocycles. The number of phenolic OH excluding ortho intramolecular Hbond substituents is 2. The Balaban J connectivity index is 1.79. The zero-order valence-electron chi connectivity index (χ0n) is 14.2. The van der Waals surface area contributed by atoms with Gasteiger partial charge in [-0.05, 0) is 35.9 Å². The normalized spacial score (nSPS) is 10.7. The van der Waals surface area contributed by atoms with Crippen molar-refractivity contribution in [2.45, 2.75) is 0 Å². The number of hydrogen-bond acceptors (Lipinski definition) is 7. The maximum atomic E-state index is 12.4. The number of nitriles is 2. The molecule has 2 aromatic carbocycles. The van der Waals surface area contributed by atoms with Crippen molar-refractivity contribution in [1.29, 1.82) is 10.5 Å². The fraction of sp³-hybridized carbons (Fsp3) is 0. The molecule has 0 spiro atoms. The summed E-state index contributed by atoms with van der Waals surface area (Å²) in [5, 5.41) is 41.7. The molecule has 1 amide bonds. The Labute approximate surface area is 164 Å². The van der Waals surface area contributed by atoms with Crippen LogP contribution in [0, 0.1) is 22.7 Å². The topological polar surface area (TPSA) is 130 Å². The Morgan fingerprint density at radius 1 is 1.14 bits per heavy atom. The third-order valence-electron chi connectivity index (χ3n) is 3.69. The first kappa shape index (κ1) is 18.6.